The summed E-state index contributed by atoms with van der Waals surface area (Å²) in [5.74, 6) is 1.31. The van der Waals surface area contributed by atoms with Gasteiger partial charge in [-0.1, -0.05) is 37.5 Å². The van der Waals surface area contributed by atoms with Crippen LogP contribution in [0.15, 0.2) is 79.1 Å². The van der Waals surface area contributed by atoms with Crippen molar-refractivity contribution in [3.63, 3.8) is 0 Å². The van der Waals surface area contributed by atoms with Crippen molar-refractivity contribution in [1.82, 2.24) is 44.7 Å². The highest BCUT2D eigenvalue weighted by Gasteiger charge is 2.45. The van der Waals surface area contributed by atoms with E-state index in [9.17, 15) is 24.0 Å². The summed E-state index contributed by atoms with van der Waals surface area (Å²) in [6.45, 7) is 6.89. The monoisotopic (exact) mass is 961 g/mol. The third-order valence-electron chi connectivity index (χ3n) is 16.2. The van der Waals surface area contributed by atoms with Crippen LogP contribution in [0.1, 0.15) is 110 Å². The minimum Gasteiger partial charge on any atom is -0.457 e. The van der Waals surface area contributed by atoms with E-state index in [4.69, 9.17) is 20.6 Å². The van der Waals surface area contributed by atoms with Gasteiger partial charge in [-0.15, -0.1) is 0 Å². The smallest absolute Gasteiger partial charge is 0.319 e. The van der Waals surface area contributed by atoms with Crippen LogP contribution in [0, 0.1) is 11.8 Å². The average Bonchev–Trinajstić information content (AvgIpc) is 3.92. The quantitative estimate of drug-likeness (QED) is 0.126. The van der Waals surface area contributed by atoms with Crippen LogP contribution in [0.3, 0.4) is 0 Å². The van der Waals surface area contributed by atoms with Crippen LogP contribution in [0.2, 0.25) is 0 Å². The van der Waals surface area contributed by atoms with Crippen molar-refractivity contribution in [3.8, 4) is 22.8 Å². The Hall–Kier alpha value is -6.88. The van der Waals surface area contributed by atoms with E-state index in [-0.39, 0.29) is 30.8 Å². The molecule has 71 heavy (non-hydrogen) atoms. The molecule has 6 aliphatic heterocycles. The lowest BCUT2D eigenvalue weighted by molar-refractivity contribution is -0.136. The summed E-state index contributed by atoms with van der Waals surface area (Å²) < 4.78 is 8.12. The predicted octanol–water partition coefficient (Wildman–Crippen LogP) is 7.29. The Morgan fingerprint density at radius 1 is 0.704 bits per heavy atom. The lowest BCUT2D eigenvalue weighted by atomic mass is 9.86. The Morgan fingerprint density at radius 2 is 1.38 bits per heavy atom. The van der Waals surface area contributed by atoms with Crippen LogP contribution in [-0.4, -0.2) is 133 Å². The number of anilines is 2. The predicted molar refractivity (Wildman–Crippen MR) is 268 cm³/mol. The number of hydrogen-bond donors (Lipinski definition) is 2. The SMILES string of the molecule is Nc1ncnc2c1c(-c1ccc(Oc3ccccc3)cc1)nn2C1CCCN(C2CCN(C(=O)N3CCC(CCCC4CCN(c5ccc6c(c5)C(=O)N(C5CCC(=O)NC5=O)C6=O)CC4)CC3)CC2)C1. The minimum atomic E-state index is -0.964. The molecule has 0 bridgehead atoms. The maximum atomic E-state index is 13.8. The highest BCUT2D eigenvalue weighted by molar-refractivity contribution is 6.23. The summed E-state index contributed by atoms with van der Waals surface area (Å²) in [4.78, 5) is 83.7. The molecule has 3 aromatic carbocycles. The second kappa shape index (κ2) is 20.1. The lowest BCUT2D eigenvalue weighted by Crippen LogP contribution is -2.54. The first-order valence-electron chi connectivity index (χ1n) is 25.9. The van der Waals surface area contributed by atoms with Gasteiger partial charge in [-0.05, 0) is 131 Å². The van der Waals surface area contributed by atoms with Crippen LogP contribution in [0.4, 0.5) is 16.3 Å². The number of ether oxygens (including phenoxy) is 1. The molecule has 6 aliphatic rings. The molecule has 17 heteroatoms. The number of carbonyl (C=O) groups excluding carboxylic acids is 5. The Bertz CT molecular complexity index is 2800. The number of likely N-dealkylation sites (tertiary alicyclic amines) is 3. The number of aromatic nitrogens is 4. The molecule has 0 aliphatic carbocycles. The molecule has 2 aromatic heterocycles. The van der Waals surface area contributed by atoms with Crippen molar-refractivity contribution in [3.05, 3.63) is 90.3 Å². The first-order chi connectivity index (χ1) is 34.6. The third kappa shape index (κ3) is 9.55. The molecule has 2 atom stereocenters. The van der Waals surface area contributed by atoms with Gasteiger partial charge < -0.3 is 25.2 Å². The number of urea groups is 1. The molecule has 5 aromatic rings. The van der Waals surface area contributed by atoms with Gasteiger partial charge in [0.1, 0.15) is 35.4 Å². The van der Waals surface area contributed by atoms with E-state index in [0.29, 0.717) is 34.8 Å². The molecule has 370 valence electrons. The average molecular weight is 962 g/mol. The molecule has 5 fully saturated rings. The second-order valence-electron chi connectivity index (χ2n) is 20.5. The van der Waals surface area contributed by atoms with E-state index in [1.165, 1.54) is 25.6 Å². The zero-order valence-electron chi connectivity index (χ0n) is 40.3. The number of nitrogens with two attached hydrogens (primary N) is 1. The first kappa shape index (κ1) is 46.5. The summed E-state index contributed by atoms with van der Waals surface area (Å²) in [5.41, 5.74) is 10.5. The molecular weight excluding hydrogens is 899 g/mol. The fourth-order valence-electron chi connectivity index (χ4n) is 12.1. The van der Waals surface area contributed by atoms with E-state index >= 15 is 0 Å². The summed E-state index contributed by atoms with van der Waals surface area (Å²) in [5, 5.41) is 8.21. The van der Waals surface area contributed by atoms with Gasteiger partial charge >= 0.3 is 6.03 Å². The summed E-state index contributed by atoms with van der Waals surface area (Å²) in [7, 11) is 0. The zero-order chi connectivity index (χ0) is 48.6. The number of benzene rings is 3. The lowest BCUT2D eigenvalue weighted by Gasteiger charge is -2.43. The minimum absolute atomic E-state index is 0.0990. The van der Waals surface area contributed by atoms with E-state index in [2.05, 4.69) is 34.6 Å². The van der Waals surface area contributed by atoms with Gasteiger partial charge in [0.15, 0.2) is 5.65 Å². The topological polar surface area (TPSA) is 192 Å². The molecule has 6 amide bonds. The number of fused-ring (bicyclic) bond motifs is 2. The number of para-hydroxylation sites is 1. The highest BCUT2D eigenvalue weighted by Crippen LogP contribution is 2.37. The van der Waals surface area contributed by atoms with Gasteiger partial charge in [0, 0.05) is 69.5 Å². The normalized spacial score (nSPS) is 22.1. The molecule has 17 nitrogen and oxygen atoms in total. The maximum Gasteiger partial charge on any atom is 0.319 e. The van der Waals surface area contributed by atoms with Crippen LogP contribution < -0.4 is 20.7 Å². The van der Waals surface area contributed by atoms with Crippen molar-refractivity contribution in [2.45, 2.75) is 102 Å². The van der Waals surface area contributed by atoms with Crippen LogP contribution in [0.5, 0.6) is 11.5 Å². The van der Waals surface area contributed by atoms with Crippen molar-refractivity contribution in [2.75, 3.05) is 63.0 Å². The number of nitrogen functional groups attached to an aromatic ring is 1. The van der Waals surface area contributed by atoms with E-state index in [1.807, 2.05) is 60.7 Å². The second-order valence-corrected chi connectivity index (χ2v) is 20.5. The summed E-state index contributed by atoms with van der Waals surface area (Å²) in [6.07, 6.45) is 13.6. The van der Waals surface area contributed by atoms with Gasteiger partial charge in [0.2, 0.25) is 11.8 Å². The summed E-state index contributed by atoms with van der Waals surface area (Å²) in [6, 6.07) is 22.8. The largest absolute Gasteiger partial charge is 0.457 e. The van der Waals surface area contributed by atoms with Gasteiger partial charge in [-0.25, -0.2) is 19.4 Å². The molecule has 3 N–H and O–H groups in total. The molecule has 0 spiro atoms. The highest BCUT2D eigenvalue weighted by atomic mass is 16.5. The van der Waals surface area contributed by atoms with Gasteiger partial charge in [-0.2, -0.15) is 5.10 Å². The zero-order valence-corrected chi connectivity index (χ0v) is 40.3. The Balaban J connectivity index is 0.611. The first-order valence-corrected chi connectivity index (χ1v) is 25.9. The van der Waals surface area contributed by atoms with Gasteiger partial charge in [0.05, 0.1) is 22.6 Å². The number of rotatable bonds is 11. The number of nitrogens with zero attached hydrogens (tertiary/aromatic N) is 9. The van der Waals surface area contributed by atoms with E-state index in [1.54, 1.807) is 12.1 Å². The number of carbonyl (C=O) groups is 5. The third-order valence-corrected chi connectivity index (χ3v) is 16.2. The molecule has 2 unspecified atom stereocenters. The number of piperidine rings is 5. The Labute approximate surface area is 413 Å². The van der Waals surface area contributed by atoms with E-state index in [0.717, 1.165) is 148 Å². The fourth-order valence-corrected chi connectivity index (χ4v) is 12.1. The molecule has 0 saturated carbocycles. The Kier molecular flexibility index (Phi) is 13.2. The van der Waals surface area contributed by atoms with Crippen molar-refractivity contribution in [2.24, 2.45) is 11.8 Å². The Morgan fingerprint density at radius 3 is 2.10 bits per heavy atom. The van der Waals surface area contributed by atoms with Gasteiger partial charge in [0.25, 0.3) is 11.8 Å². The molecule has 5 saturated heterocycles. The molecule has 0 radical (unpaired) electrons. The summed E-state index contributed by atoms with van der Waals surface area (Å²) >= 11 is 0. The van der Waals surface area contributed by atoms with Crippen LogP contribution in [-0.2, 0) is 9.59 Å². The fraction of sp³-hybridized carbons (Fsp3) is 0.481. The van der Waals surface area contributed by atoms with Crippen molar-refractivity contribution >= 4 is 52.2 Å². The molecular formula is C54H63N11O6. The van der Waals surface area contributed by atoms with Crippen LogP contribution >= 0.6 is 0 Å². The van der Waals surface area contributed by atoms with Gasteiger partial charge in [-0.3, -0.25) is 34.3 Å². The molecule has 8 heterocycles. The standard InChI is InChI=1S/C54H63N11O6/c55-49-47-48(37-11-14-42(15-12-37)71-41-9-2-1-3-10-41)59-65(50(47)57-34-56-49)40-8-5-25-63(33-40)38-23-30-62(31-24-38)54(70)61-28-21-36(22-29-61)7-4-6-35-19-26-60(27-20-35)39-13-16-43-44(32-39)53(69)64(52(43)68)45-17-18-46(66)58-51(45)67/h1-3,9-16,32,34-36,38,40,45H,4-8,17-31,33H2,(H2,55,56,57)(H,58,66,67). The van der Waals surface area contributed by atoms with E-state index < -0.39 is 23.8 Å². The number of hydrogen-bond acceptors (Lipinski definition) is 12. The van der Waals surface area contributed by atoms with Crippen LogP contribution in [0.25, 0.3) is 22.3 Å². The van der Waals surface area contributed by atoms with Crippen molar-refractivity contribution in [1.29, 1.82) is 0 Å². The number of imide groups is 2. The molecule has 11 rings (SSSR count). The maximum absolute atomic E-state index is 13.8. The van der Waals surface area contributed by atoms with Crippen molar-refractivity contribution < 1.29 is 28.7 Å². The number of amides is 6. The number of nitrogens with one attached hydrogen (secondary N) is 1.